The van der Waals surface area contributed by atoms with E-state index in [1.807, 2.05) is 0 Å². The Bertz CT molecular complexity index is 139. The Balaban J connectivity index is 4.06. The molecule has 4 N–H and O–H groups in total. The maximum Gasteiger partial charge on any atom is 0.201 e. The largest absolute Gasteiger partial charge is 0.379 e. The van der Waals surface area contributed by atoms with E-state index in [-0.39, 0.29) is 17.5 Å². The fourth-order valence-corrected chi connectivity index (χ4v) is 0.359. The lowest BCUT2D eigenvalue weighted by atomic mass is 10.1. The van der Waals surface area contributed by atoms with E-state index in [1.165, 1.54) is 0 Å². The Morgan fingerprint density at radius 2 is 2.00 bits per heavy atom. The van der Waals surface area contributed by atoms with Crippen molar-refractivity contribution in [3.05, 3.63) is 0 Å². The molecule has 0 bridgehead atoms. The van der Waals surface area contributed by atoms with Crippen LogP contribution in [0.15, 0.2) is 5.10 Å². The maximum atomic E-state index is 10.7. The van der Waals surface area contributed by atoms with Gasteiger partial charge >= 0.3 is 0 Å². The molecule has 4 heteroatoms. The zero-order chi connectivity index (χ0) is 7.44. The van der Waals surface area contributed by atoms with E-state index in [0.29, 0.717) is 0 Å². The molecule has 0 saturated carbocycles. The molecular formula is C5H11N3O. The van der Waals surface area contributed by atoms with Crippen molar-refractivity contribution >= 4 is 11.6 Å². The van der Waals surface area contributed by atoms with Gasteiger partial charge in [0.05, 0.1) is 0 Å². The van der Waals surface area contributed by atoms with Gasteiger partial charge in [-0.2, -0.15) is 5.10 Å². The first kappa shape index (κ1) is 7.94. The van der Waals surface area contributed by atoms with Crippen LogP contribution in [0.3, 0.4) is 0 Å². The summed E-state index contributed by atoms with van der Waals surface area (Å²) < 4.78 is 0. The standard InChI is InChI=1S/C5H11N3O/c1-3(2)4(9)5(6)8-7/h3H,7H2,1-2H3,(H2,6,8). The van der Waals surface area contributed by atoms with Gasteiger partial charge in [-0.25, -0.2) is 0 Å². The SMILES string of the molecule is CC(C)C(=O)/C(N)=N/N. The Hall–Kier alpha value is -1.06. The van der Waals surface area contributed by atoms with Crippen LogP contribution in [-0.2, 0) is 4.79 Å². The van der Waals surface area contributed by atoms with Crippen LogP contribution >= 0.6 is 0 Å². The predicted molar refractivity (Wildman–Crippen MR) is 35.7 cm³/mol. The fraction of sp³-hybridized carbons (Fsp3) is 0.600. The lowest BCUT2D eigenvalue weighted by molar-refractivity contribution is -0.115. The molecule has 0 aliphatic carbocycles. The minimum atomic E-state index is -0.211. The second-order valence-electron chi connectivity index (χ2n) is 2.03. The Morgan fingerprint density at radius 1 is 1.56 bits per heavy atom. The molecular weight excluding hydrogens is 118 g/mol. The van der Waals surface area contributed by atoms with Crippen molar-refractivity contribution in [2.45, 2.75) is 13.8 Å². The van der Waals surface area contributed by atoms with Crippen LogP contribution in [0, 0.1) is 5.92 Å². The molecule has 0 saturated heterocycles. The summed E-state index contributed by atoms with van der Waals surface area (Å²) in [5.74, 6) is 4.31. The maximum absolute atomic E-state index is 10.7. The van der Waals surface area contributed by atoms with Crippen LogP contribution in [0.5, 0.6) is 0 Å². The molecule has 0 radical (unpaired) electrons. The van der Waals surface area contributed by atoms with E-state index >= 15 is 0 Å². The van der Waals surface area contributed by atoms with E-state index in [4.69, 9.17) is 11.6 Å². The molecule has 0 spiro atoms. The van der Waals surface area contributed by atoms with Gasteiger partial charge in [-0.3, -0.25) is 4.79 Å². The normalized spacial score (nSPS) is 12.1. The first-order valence-electron chi connectivity index (χ1n) is 2.67. The third-order valence-corrected chi connectivity index (χ3v) is 0.916. The minimum absolute atomic E-state index is 0.106. The average molecular weight is 129 g/mol. The molecule has 52 valence electrons. The first-order chi connectivity index (χ1) is 4.09. The molecule has 0 aromatic heterocycles. The van der Waals surface area contributed by atoms with Crippen LogP contribution in [0.25, 0.3) is 0 Å². The van der Waals surface area contributed by atoms with E-state index in [9.17, 15) is 4.79 Å². The van der Waals surface area contributed by atoms with Gasteiger partial charge in [0.25, 0.3) is 0 Å². The van der Waals surface area contributed by atoms with Gasteiger partial charge in [0.15, 0.2) is 5.84 Å². The molecule has 4 nitrogen and oxygen atoms in total. The Kier molecular flexibility index (Phi) is 2.70. The highest BCUT2D eigenvalue weighted by Gasteiger charge is 2.10. The number of hydrogen-bond acceptors (Lipinski definition) is 3. The molecule has 0 rings (SSSR count). The van der Waals surface area contributed by atoms with Crippen LogP contribution in [0.4, 0.5) is 0 Å². The van der Waals surface area contributed by atoms with E-state index < -0.39 is 0 Å². The molecule has 0 unspecified atom stereocenters. The number of hydrogen-bond donors (Lipinski definition) is 2. The van der Waals surface area contributed by atoms with Crippen LogP contribution in [0.2, 0.25) is 0 Å². The summed E-state index contributed by atoms with van der Waals surface area (Å²) in [6.45, 7) is 3.47. The van der Waals surface area contributed by atoms with Crippen molar-refractivity contribution in [3.63, 3.8) is 0 Å². The minimum Gasteiger partial charge on any atom is -0.379 e. The second-order valence-corrected chi connectivity index (χ2v) is 2.03. The van der Waals surface area contributed by atoms with Crippen LogP contribution in [0.1, 0.15) is 13.8 Å². The van der Waals surface area contributed by atoms with Gasteiger partial charge in [-0.15, -0.1) is 0 Å². The smallest absolute Gasteiger partial charge is 0.201 e. The second kappa shape index (κ2) is 3.06. The summed E-state index contributed by atoms with van der Waals surface area (Å²) >= 11 is 0. The highest BCUT2D eigenvalue weighted by molar-refractivity contribution is 6.38. The van der Waals surface area contributed by atoms with Gasteiger partial charge in [-0.05, 0) is 0 Å². The number of hydrazone groups is 1. The third kappa shape index (κ3) is 2.12. The highest BCUT2D eigenvalue weighted by atomic mass is 16.1. The van der Waals surface area contributed by atoms with Crippen molar-refractivity contribution in [3.8, 4) is 0 Å². The van der Waals surface area contributed by atoms with Gasteiger partial charge in [0, 0.05) is 5.92 Å². The molecule has 0 heterocycles. The summed E-state index contributed by atoms with van der Waals surface area (Å²) in [5.41, 5.74) is 5.09. The topological polar surface area (TPSA) is 81.5 Å². The van der Waals surface area contributed by atoms with E-state index in [2.05, 4.69) is 5.10 Å². The summed E-state index contributed by atoms with van der Waals surface area (Å²) in [7, 11) is 0. The molecule has 0 atom stereocenters. The monoisotopic (exact) mass is 129 g/mol. The van der Waals surface area contributed by atoms with Gasteiger partial charge in [0.1, 0.15) is 0 Å². The van der Waals surface area contributed by atoms with Crippen molar-refractivity contribution in [2.75, 3.05) is 0 Å². The number of nitrogens with zero attached hydrogens (tertiary/aromatic N) is 1. The van der Waals surface area contributed by atoms with Crippen LogP contribution < -0.4 is 11.6 Å². The van der Waals surface area contributed by atoms with Crippen molar-refractivity contribution < 1.29 is 4.79 Å². The van der Waals surface area contributed by atoms with E-state index in [0.717, 1.165) is 0 Å². The molecule has 9 heavy (non-hydrogen) atoms. The molecule has 0 fully saturated rings. The molecule has 0 aliphatic heterocycles. The lowest BCUT2D eigenvalue weighted by Crippen LogP contribution is -2.28. The fourth-order valence-electron chi connectivity index (χ4n) is 0.359. The summed E-state index contributed by atoms with van der Waals surface area (Å²) in [4.78, 5) is 10.7. The number of rotatable bonds is 2. The number of nitrogens with two attached hydrogens (primary N) is 2. The van der Waals surface area contributed by atoms with Crippen LogP contribution in [-0.4, -0.2) is 11.6 Å². The van der Waals surface area contributed by atoms with E-state index in [1.54, 1.807) is 13.8 Å². The number of carbonyl (C=O) groups excluding carboxylic acids is 1. The zero-order valence-electron chi connectivity index (χ0n) is 5.59. The van der Waals surface area contributed by atoms with Crippen molar-refractivity contribution in [2.24, 2.45) is 22.6 Å². The first-order valence-corrected chi connectivity index (χ1v) is 2.67. The molecule has 0 amide bonds. The molecule has 0 aliphatic rings. The number of amidine groups is 1. The predicted octanol–water partition coefficient (Wildman–Crippen LogP) is -0.558. The van der Waals surface area contributed by atoms with Gasteiger partial charge in [0.2, 0.25) is 5.78 Å². The summed E-state index contributed by atoms with van der Waals surface area (Å²) in [6, 6.07) is 0. The number of carbonyl (C=O) groups is 1. The number of ketones is 1. The summed E-state index contributed by atoms with van der Waals surface area (Å²) in [5, 5.41) is 3.05. The molecule has 0 aromatic rings. The molecule has 0 aromatic carbocycles. The third-order valence-electron chi connectivity index (χ3n) is 0.916. The van der Waals surface area contributed by atoms with Gasteiger partial charge < -0.3 is 11.6 Å². The average Bonchev–Trinajstić information content (AvgIpc) is 1.84. The Labute approximate surface area is 53.9 Å². The van der Waals surface area contributed by atoms with Crippen molar-refractivity contribution in [1.82, 2.24) is 0 Å². The quantitative estimate of drug-likeness (QED) is 0.227. The lowest BCUT2D eigenvalue weighted by Gasteiger charge is -1.99. The van der Waals surface area contributed by atoms with Gasteiger partial charge in [-0.1, -0.05) is 13.8 Å². The Morgan fingerprint density at radius 3 is 2.11 bits per heavy atom. The zero-order valence-corrected chi connectivity index (χ0v) is 5.59. The summed E-state index contributed by atoms with van der Waals surface area (Å²) in [6.07, 6.45) is 0. The number of Topliss-reactive ketones (excluding diaryl/α,β-unsaturated/α-hetero) is 1. The highest BCUT2D eigenvalue weighted by Crippen LogP contribution is 1.92. The van der Waals surface area contributed by atoms with Crippen molar-refractivity contribution in [1.29, 1.82) is 0 Å².